The summed E-state index contributed by atoms with van der Waals surface area (Å²) in [6.07, 6.45) is 3.93. The first-order valence-electron chi connectivity index (χ1n) is 9.42. The van der Waals surface area contributed by atoms with Crippen molar-refractivity contribution in [1.82, 2.24) is 4.90 Å². The van der Waals surface area contributed by atoms with E-state index in [4.69, 9.17) is 5.26 Å². The van der Waals surface area contributed by atoms with Crippen molar-refractivity contribution in [3.05, 3.63) is 70.8 Å². The van der Waals surface area contributed by atoms with Gasteiger partial charge in [0.2, 0.25) is 0 Å². The van der Waals surface area contributed by atoms with Gasteiger partial charge in [-0.25, -0.2) is 8.78 Å². The Morgan fingerprint density at radius 3 is 2.22 bits per heavy atom. The molecule has 2 fully saturated rings. The monoisotopic (exact) mass is 368 g/mol. The van der Waals surface area contributed by atoms with Gasteiger partial charge in [-0.2, -0.15) is 5.26 Å². The van der Waals surface area contributed by atoms with Crippen LogP contribution in [0.2, 0.25) is 0 Å². The average Bonchev–Trinajstić information content (AvgIpc) is 2.63. The van der Waals surface area contributed by atoms with E-state index in [2.05, 4.69) is 17.0 Å². The molecule has 2 saturated heterocycles. The average molecular weight is 368 g/mol. The SMILES string of the molecule is N#Cc1c(F)cc(C2(O)CC3CCCC(C2)N3Cc2ccccc2)cc1F. The molecule has 2 aliphatic heterocycles. The Morgan fingerprint density at radius 2 is 1.67 bits per heavy atom. The Balaban J connectivity index is 1.62. The molecule has 2 aliphatic rings. The molecule has 0 amide bonds. The van der Waals surface area contributed by atoms with Crippen LogP contribution in [0.5, 0.6) is 0 Å². The highest BCUT2D eigenvalue weighted by Crippen LogP contribution is 2.45. The topological polar surface area (TPSA) is 47.3 Å². The van der Waals surface area contributed by atoms with Crippen molar-refractivity contribution >= 4 is 0 Å². The van der Waals surface area contributed by atoms with Crippen LogP contribution in [-0.4, -0.2) is 22.1 Å². The van der Waals surface area contributed by atoms with Gasteiger partial charge in [-0.15, -0.1) is 0 Å². The summed E-state index contributed by atoms with van der Waals surface area (Å²) in [5, 5.41) is 20.2. The van der Waals surface area contributed by atoms with E-state index in [9.17, 15) is 13.9 Å². The largest absolute Gasteiger partial charge is 0.385 e. The zero-order chi connectivity index (χ0) is 19.0. The Kier molecular flexibility index (Phi) is 4.71. The predicted molar refractivity (Wildman–Crippen MR) is 97.6 cm³/mol. The summed E-state index contributed by atoms with van der Waals surface area (Å²) in [4.78, 5) is 2.43. The van der Waals surface area contributed by atoms with Gasteiger partial charge in [-0.05, 0) is 48.9 Å². The molecule has 0 aromatic heterocycles. The van der Waals surface area contributed by atoms with Gasteiger partial charge in [0.15, 0.2) is 0 Å². The van der Waals surface area contributed by atoms with Crippen molar-refractivity contribution in [2.75, 3.05) is 0 Å². The maximum atomic E-state index is 14.1. The van der Waals surface area contributed by atoms with Crippen molar-refractivity contribution in [2.45, 2.75) is 56.3 Å². The molecule has 2 atom stereocenters. The summed E-state index contributed by atoms with van der Waals surface area (Å²) in [7, 11) is 0. The highest BCUT2D eigenvalue weighted by atomic mass is 19.1. The van der Waals surface area contributed by atoms with Crippen molar-refractivity contribution in [3.8, 4) is 6.07 Å². The van der Waals surface area contributed by atoms with Crippen LogP contribution < -0.4 is 0 Å². The summed E-state index contributed by atoms with van der Waals surface area (Å²) < 4.78 is 28.2. The first-order valence-corrected chi connectivity index (χ1v) is 9.42. The second kappa shape index (κ2) is 7.03. The summed E-state index contributed by atoms with van der Waals surface area (Å²) >= 11 is 0. The van der Waals surface area contributed by atoms with E-state index in [1.165, 1.54) is 5.56 Å². The maximum absolute atomic E-state index is 14.1. The molecule has 0 spiro atoms. The molecule has 2 bridgehead atoms. The van der Waals surface area contributed by atoms with Gasteiger partial charge in [-0.3, -0.25) is 4.90 Å². The van der Waals surface area contributed by atoms with Crippen LogP contribution >= 0.6 is 0 Å². The summed E-state index contributed by atoms with van der Waals surface area (Å²) in [6, 6.07) is 14.4. The normalized spacial score (nSPS) is 27.9. The highest BCUT2D eigenvalue weighted by Gasteiger charge is 2.46. The Labute approximate surface area is 157 Å². The minimum absolute atomic E-state index is 0.171. The van der Waals surface area contributed by atoms with Gasteiger partial charge in [0.1, 0.15) is 23.3 Å². The third-order valence-electron chi connectivity index (χ3n) is 6.06. The van der Waals surface area contributed by atoms with Crippen LogP contribution in [-0.2, 0) is 12.1 Å². The molecular formula is C22H22F2N2O. The van der Waals surface area contributed by atoms with E-state index in [0.717, 1.165) is 37.9 Å². The van der Waals surface area contributed by atoms with Crippen molar-refractivity contribution in [3.63, 3.8) is 0 Å². The van der Waals surface area contributed by atoms with Crippen LogP contribution in [0.3, 0.4) is 0 Å². The lowest BCUT2D eigenvalue weighted by Crippen LogP contribution is -2.56. The van der Waals surface area contributed by atoms with Gasteiger partial charge >= 0.3 is 0 Å². The van der Waals surface area contributed by atoms with Crippen LogP contribution in [0, 0.1) is 23.0 Å². The van der Waals surface area contributed by atoms with E-state index in [0.29, 0.717) is 12.8 Å². The number of nitriles is 1. The highest BCUT2D eigenvalue weighted by molar-refractivity contribution is 5.38. The van der Waals surface area contributed by atoms with Crippen LogP contribution in [0.15, 0.2) is 42.5 Å². The fourth-order valence-corrected chi connectivity index (χ4v) is 4.76. The minimum Gasteiger partial charge on any atom is -0.385 e. The smallest absolute Gasteiger partial charge is 0.144 e. The number of halogens is 2. The van der Waals surface area contributed by atoms with E-state index in [1.807, 2.05) is 18.2 Å². The second-order valence-corrected chi connectivity index (χ2v) is 7.76. The lowest BCUT2D eigenvalue weighted by atomic mass is 9.72. The summed E-state index contributed by atoms with van der Waals surface area (Å²) in [5.41, 5.74) is -0.384. The number of rotatable bonds is 3. The van der Waals surface area contributed by atoms with Gasteiger partial charge in [0.05, 0.1) is 5.60 Å². The minimum atomic E-state index is -1.27. The lowest BCUT2D eigenvalue weighted by Gasteiger charge is -2.52. The zero-order valence-corrected chi connectivity index (χ0v) is 15.0. The third kappa shape index (κ3) is 3.36. The number of benzene rings is 2. The molecule has 3 nitrogen and oxygen atoms in total. The molecule has 2 aromatic carbocycles. The molecule has 4 rings (SSSR count). The van der Waals surface area contributed by atoms with Crippen molar-refractivity contribution in [1.29, 1.82) is 5.26 Å². The number of hydrogen-bond donors (Lipinski definition) is 1. The summed E-state index contributed by atoms with van der Waals surface area (Å²) in [5.74, 6) is -1.81. The Bertz CT molecular complexity index is 841. The molecule has 0 radical (unpaired) electrons. The number of nitrogens with zero attached hydrogens (tertiary/aromatic N) is 2. The quantitative estimate of drug-likeness (QED) is 0.881. The lowest BCUT2D eigenvalue weighted by molar-refractivity contribution is -0.100. The fourth-order valence-electron chi connectivity index (χ4n) is 4.76. The molecule has 5 heteroatoms. The van der Waals surface area contributed by atoms with Crippen molar-refractivity contribution < 1.29 is 13.9 Å². The molecule has 0 saturated carbocycles. The van der Waals surface area contributed by atoms with Gasteiger partial charge in [-0.1, -0.05) is 36.8 Å². The van der Waals surface area contributed by atoms with E-state index in [1.54, 1.807) is 6.07 Å². The third-order valence-corrected chi connectivity index (χ3v) is 6.06. The second-order valence-electron chi connectivity index (χ2n) is 7.76. The predicted octanol–water partition coefficient (Wildman–Crippen LogP) is 4.24. The molecule has 27 heavy (non-hydrogen) atoms. The van der Waals surface area contributed by atoms with E-state index >= 15 is 0 Å². The molecule has 0 aliphatic carbocycles. The molecule has 2 aromatic rings. The molecule has 2 heterocycles. The zero-order valence-electron chi connectivity index (χ0n) is 15.0. The molecule has 1 N–H and O–H groups in total. The van der Waals surface area contributed by atoms with Crippen molar-refractivity contribution in [2.24, 2.45) is 0 Å². The van der Waals surface area contributed by atoms with Crippen LogP contribution in [0.4, 0.5) is 8.78 Å². The standard InChI is InChI=1S/C22H22F2N2O/c23-20-9-16(10-21(24)19(20)13-25)22(27)11-17-7-4-8-18(12-22)26(17)14-15-5-2-1-3-6-15/h1-3,5-6,9-10,17-18,27H,4,7-8,11-12,14H2. The van der Waals surface area contributed by atoms with E-state index in [-0.39, 0.29) is 17.6 Å². The first kappa shape index (κ1) is 18.1. The summed E-state index contributed by atoms with van der Waals surface area (Å²) in [6.45, 7) is 0.822. The van der Waals surface area contributed by atoms with Crippen LogP contribution in [0.25, 0.3) is 0 Å². The first-order chi connectivity index (χ1) is 13.0. The van der Waals surface area contributed by atoms with Gasteiger partial charge in [0, 0.05) is 18.6 Å². The number of fused-ring (bicyclic) bond motifs is 2. The number of hydrogen-bond acceptors (Lipinski definition) is 3. The van der Waals surface area contributed by atoms with Gasteiger partial charge < -0.3 is 5.11 Å². The fraction of sp³-hybridized carbons (Fsp3) is 0.409. The van der Waals surface area contributed by atoms with E-state index < -0.39 is 22.8 Å². The van der Waals surface area contributed by atoms with Gasteiger partial charge in [0.25, 0.3) is 0 Å². The molecule has 140 valence electrons. The molecular weight excluding hydrogens is 346 g/mol. The number of aliphatic hydroxyl groups is 1. The number of piperidine rings is 2. The Hall–Kier alpha value is -2.29. The maximum Gasteiger partial charge on any atom is 0.144 e. The Morgan fingerprint density at radius 1 is 1.07 bits per heavy atom. The van der Waals surface area contributed by atoms with Crippen LogP contribution in [0.1, 0.15) is 48.8 Å². The molecule has 2 unspecified atom stereocenters.